The molecule has 0 atom stereocenters. The van der Waals surface area contributed by atoms with Gasteiger partial charge in [-0.15, -0.1) is 0 Å². The second-order valence-corrected chi connectivity index (χ2v) is 4.55. The van der Waals surface area contributed by atoms with Gasteiger partial charge in [0.25, 0.3) is 0 Å². The first-order valence-electron chi connectivity index (χ1n) is 6.64. The van der Waals surface area contributed by atoms with Gasteiger partial charge in [0.15, 0.2) is 0 Å². The fraction of sp³-hybridized carbons (Fsp3) is 0.188. The van der Waals surface area contributed by atoms with E-state index >= 15 is 0 Å². The van der Waals surface area contributed by atoms with Crippen molar-refractivity contribution in [2.45, 2.75) is 6.92 Å². The first-order valence-corrected chi connectivity index (χ1v) is 6.64. The zero-order valence-corrected chi connectivity index (χ0v) is 12.9. The zero-order valence-electron chi connectivity index (χ0n) is 12.9. The van der Waals surface area contributed by atoms with Crippen LogP contribution in [-0.4, -0.2) is 30.0 Å². The number of aromatic nitrogens is 2. The number of ether oxygens (including phenoxy) is 3. The molecule has 0 bridgehead atoms. The predicted octanol–water partition coefficient (Wildman–Crippen LogP) is 2.09. The van der Waals surface area contributed by atoms with Crippen molar-refractivity contribution >= 4 is 5.97 Å². The number of hydrogen-bond donors (Lipinski definition) is 0. The van der Waals surface area contributed by atoms with E-state index in [1.54, 1.807) is 16.9 Å². The first kappa shape index (κ1) is 16.1. The Morgan fingerprint density at radius 2 is 2.17 bits per heavy atom. The molecule has 7 nitrogen and oxygen atoms in total. The molecule has 0 radical (unpaired) electrons. The minimum Gasteiger partial charge on any atom is -0.500 e. The lowest BCUT2D eigenvalue weighted by atomic mass is 10.2. The number of rotatable bonds is 5. The summed E-state index contributed by atoms with van der Waals surface area (Å²) in [4.78, 5) is 11.7. The number of esters is 1. The van der Waals surface area contributed by atoms with Crippen LogP contribution < -0.4 is 4.74 Å². The highest BCUT2D eigenvalue weighted by atomic mass is 16.6. The van der Waals surface area contributed by atoms with Crippen LogP contribution in [0, 0.1) is 18.3 Å². The summed E-state index contributed by atoms with van der Waals surface area (Å²) < 4.78 is 16.6. The second-order valence-electron chi connectivity index (χ2n) is 4.55. The van der Waals surface area contributed by atoms with Gasteiger partial charge in [0, 0.05) is 12.3 Å². The quantitative estimate of drug-likeness (QED) is 0.477. The lowest BCUT2D eigenvalue weighted by Gasteiger charge is -2.12. The smallest absolute Gasteiger partial charge is 0.377 e. The van der Waals surface area contributed by atoms with E-state index in [4.69, 9.17) is 14.7 Å². The summed E-state index contributed by atoms with van der Waals surface area (Å²) in [5, 5.41) is 13.0. The van der Waals surface area contributed by atoms with Crippen molar-refractivity contribution in [2.24, 2.45) is 0 Å². The number of aryl methyl sites for hydroxylation is 1. The topological polar surface area (TPSA) is 86.4 Å². The van der Waals surface area contributed by atoms with Crippen LogP contribution in [0.15, 0.2) is 42.6 Å². The van der Waals surface area contributed by atoms with Gasteiger partial charge in [-0.05, 0) is 18.6 Å². The largest absolute Gasteiger partial charge is 0.500 e. The van der Waals surface area contributed by atoms with Crippen LogP contribution in [0.2, 0.25) is 0 Å². The van der Waals surface area contributed by atoms with E-state index in [-0.39, 0.29) is 5.76 Å². The van der Waals surface area contributed by atoms with Crippen molar-refractivity contribution in [2.75, 3.05) is 14.2 Å². The molecular formula is C16H15N3O4. The normalized spacial score (nSPS) is 10.8. The van der Waals surface area contributed by atoms with E-state index in [2.05, 4.69) is 9.84 Å². The van der Waals surface area contributed by atoms with Crippen LogP contribution in [0.1, 0.15) is 11.1 Å². The van der Waals surface area contributed by atoms with Crippen LogP contribution in [-0.2, 0) is 14.3 Å². The third-order valence-corrected chi connectivity index (χ3v) is 2.98. The Morgan fingerprint density at radius 1 is 1.39 bits per heavy atom. The average molecular weight is 313 g/mol. The number of methoxy groups -OCH3 is 2. The van der Waals surface area contributed by atoms with Crippen molar-refractivity contribution in [3.05, 3.63) is 53.7 Å². The summed E-state index contributed by atoms with van der Waals surface area (Å²) in [5.74, 6) is -0.277. The predicted molar refractivity (Wildman–Crippen MR) is 80.8 cm³/mol. The molecular weight excluding hydrogens is 298 g/mol. The minimum atomic E-state index is -0.650. The molecule has 23 heavy (non-hydrogen) atoms. The van der Waals surface area contributed by atoms with Gasteiger partial charge >= 0.3 is 5.97 Å². The van der Waals surface area contributed by atoms with E-state index in [0.717, 1.165) is 5.56 Å². The summed E-state index contributed by atoms with van der Waals surface area (Å²) in [6.45, 7) is 1.84. The Morgan fingerprint density at radius 3 is 2.78 bits per heavy atom. The molecule has 7 heteroatoms. The van der Waals surface area contributed by atoms with Gasteiger partial charge in [-0.2, -0.15) is 10.4 Å². The molecule has 1 aromatic carbocycles. The Balaban J connectivity index is 2.35. The molecule has 0 saturated heterocycles. The number of carbonyl (C=O) groups is 1. The maximum atomic E-state index is 11.7. The molecule has 1 aromatic heterocycles. The first-order chi connectivity index (χ1) is 11.1. The van der Waals surface area contributed by atoms with E-state index in [1.165, 1.54) is 26.7 Å². The molecule has 0 saturated carbocycles. The van der Waals surface area contributed by atoms with Crippen LogP contribution in [0.4, 0.5) is 0 Å². The fourth-order valence-corrected chi connectivity index (χ4v) is 1.80. The number of carbonyl (C=O) groups excluding carboxylic acids is 1. The molecule has 0 aliphatic heterocycles. The van der Waals surface area contributed by atoms with Crippen molar-refractivity contribution < 1.29 is 19.0 Å². The standard InChI is InChI=1S/C16H15N3O4/c1-11-4-5-13(19-9-12(7-17)8-18-19)6-14(11)23-15(10-21-2)16(20)22-3/h4-6,8-10H,1-3H3/b15-10-. The molecule has 0 fully saturated rings. The third-order valence-electron chi connectivity index (χ3n) is 2.98. The summed E-state index contributed by atoms with van der Waals surface area (Å²) in [5.41, 5.74) is 1.95. The van der Waals surface area contributed by atoms with Crippen LogP contribution in [0.25, 0.3) is 5.69 Å². The van der Waals surface area contributed by atoms with Crippen LogP contribution in [0.5, 0.6) is 5.75 Å². The third kappa shape index (κ3) is 3.68. The highest BCUT2D eigenvalue weighted by molar-refractivity contribution is 5.86. The van der Waals surface area contributed by atoms with Gasteiger partial charge in [-0.25, -0.2) is 9.48 Å². The monoisotopic (exact) mass is 313 g/mol. The SMILES string of the molecule is CO/C=C(\Oc1cc(-n2cc(C#N)cn2)ccc1C)C(=O)OC. The molecule has 2 rings (SSSR count). The fourth-order valence-electron chi connectivity index (χ4n) is 1.80. The summed E-state index contributed by atoms with van der Waals surface area (Å²) in [7, 11) is 2.66. The summed E-state index contributed by atoms with van der Waals surface area (Å²) in [6.07, 6.45) is 4.23. The van der Waals surface area contributed by atoms with E-state index in [0.29, 0.717) is 17.0 Å². The highest BCUT2D eigenvalue weighted by Gasteiger charge is 2.15. The maximum absolute atomic E-state index is 11.7. The van der Waals surface area contributed by atoms with E-state index in [1.807, 2.05) is 25.1 Å². The number of nitrogens with zero attached hydrogens (tertiary/aromatic N) is 3. The molecule has 1 heterocycles. The van der Waals surface area contributed by atoms with Crippen LogP contribution in [0.3, 0.4) is 0 Å². The lowest BCUT2D eigenvalue weighted by Crippen LogP contribution is -2.12. The van der Waals surface area contributed by atoms with Crippen molar-refractivity contribution in [1.29, 1.82) is 5.26 Å². The maximum Gasteiger partial charge on any atom is 0.377 e. The van der Waals surface area contributed by atoms with Gasteiger partial charge in [0.1, 0.15) is 18.1 Å². The summed E-state index contributed by atoms with van der Waals surface area (Å²) in [6, 6.07) is 7.36. The molecule has 0 amide bonds. The van der Waals surface area contributed by atoms with Gasteiger partial charge in [0.05, 0.1) is 31.7 Å². The lowest BCUT2D eigenvalue weighted by molar-refractivity contribution is -0.138. The molecule has 0 aliphatic rings. The Bertz CT molecular complexity index is 787. The zero-order chi connectivity index (χ0) is 16.8. The van der Waals surface area contributed by atoms with Crippen LogP contribution >= 0.6 is 0 Å². The second kappa shape index (κ2) is 7.13. The Labute approximate surface area is 133 Å². The Hall–Kier alpha value is -3.27. The molecule has 0 spiro atoms. The highest BCUT2D eigenvalue weighted by Crippen LogP contribution is 2.24. The average Bonchev–Trinajstić information content (AvgIpc) is 3.04. The van der Waals surface area contributed by atoms with Gasteiger partial charge in [-0.1, -0.05) is 6.07 Å². The molecule has 118 valence electrons. The number of nitriles is 1. The van der Waals surface area contributed by atoms with Gasteiger partial charge in [-0.3, -0.25) is 0 Å². The van der Waals surface area contributed by atoms with Crippen molar-refractivity contribution in [3.63, 3.8) is 0 Å². The molecule has 2 aromatic rings. The van der Waals surface area contributed by atoms with Crippen molar-refractivity contribution in [1.82, 2.24) is 9.78 Å². The van der Waals surface area contributed by atoms with Crippen molar-refractivity contribution in [3.8, 4) is 17.5 Å². The molecule has 0 unspecified atom stereocenters. The van der Waals surface area contributed by atoms with E-state index in [9.17, 15) is 4.79 Å². The Kier molecular flexibility index (Phi) is 5.00. The minimum absolute atomic E-state index is 0.0755. The van der Waals surface area contributed by atoms with Gasteiger partial charge in [0.2, 0.25) is 5.76 Å². The number of hydrogen-bond acceptors (Lipinski definition) is 6. The number of benzene rings is 1. The molecule has 0 N–H and O–H groups in total. The van der Waals surface area contributed by atoms with E-state index < -0.39 is 5.97 Å². The molecule has 0 aliphatic carbocycles. The summed E-state index contributed by atoms with van der Waals surface area (Å²) >= 11 is 0. The van der Waals surface area contributed by atoms with Gasteiger partial charge < -0.3 is 14.2 Å².